The topological polar surface area (TPSA) is 38.0 Å². The second-order valence-corrected chi connectivity index (χ2v) is 3.18. The van der Waals surface area contributed by atoms with Crippen molar-refractivity contribution in [3.05, 3.63) is 28.8 Å². The van der Waals surface area contributed by atoms with Gasteiger partial charge in [0.1, 0.15) is 4.99 Å². The second kappa shape index (κ2) is 3.74. The fraction of sp³-hybridized carbons (Fsp3) is 0.125. The van der Waals surface area contributed by atoms with Crippen LogP contribution in [0.15, 0.2) is 18.2 Å². The van der Waals surface area contributed by atoms with Crippen LogP contribution in [-0.2, 0) is 0 Å². The van der Waals surface area contributed by atoms with Gasteiger partial charge in [0, 0.05) is 23.3 Å². The summed E-state index contributed by atoms with van der Waals surface area (Å²) in [5.74, 6) is 0. The van der Waals surface area contributed by atoms with Crippen LogP contribution in [0, 0.1) is 0 Å². The zero-order valence-electron chi connectivity index (χ0n) is 6.60. The van der Waals surface area contributed by atoms with E-state index in [2.05, 4.69) is 5.32 Å². The highest BCUT2D eigenvalue weighted by Crippen LogP contribution is 2.19. The minimum Gasteiger partial charge on any atom is -0.389 e. The molecule has 0 heterocycles. The number of benzene rings is 1. The summed E-state index contributed by atoms with van der Waals surface area (Å²) in [4.78, 5) is 0.349. The van der Waals surface area contributed by atoms with Crippen LogP contribution in [0.3, 0.4) is 0 Å². The third-order valence-corrected chi connectivity index (χ3v) is 1.97. The SMILES string of the molecule is CNc1ccc(Cl)cc1C(N)=S. The van der Waals surface area contributed by atoms with Crippen molar-refractivity contribution in [2.75, 3.05) is 12.4 Å². The smallest absolute Gasteiger partial charge is 0.106 e. The molecule has 0 saturated carbocycles. The van der Waals surface area contributed by atoms with Crippen LogP contribution in [0.5, 0.6) is 0 Å². The monoisotopic (exact) mass is 200 g/mol. The van der Waals surface area contributed by atoms with Crippen molar-refractivity contribution in [2.24, 2.45) is 5.73 Å². The van der Waals surface area contributed by atoms with Crippen molar-refractivity contribution in [3.8, 4) is 0 Å². The Kier molecular flexibility index (Phi) is 2.89. The van der Waals surface area contributed by atoms with Crippen LogP contribution in [0.2, 0.25) is 5.02 Å². The first-order valence-electron chi connectivity index (χ1n) is 3.42. The number of hydrogen-bond acceptors (Lipinski definition) is 2. The lowest BCUT2D eigenvalue weighted by Crippen LogP contribution is -2.11. The molecule has 0 saturated heterocycles. The molecule has 0 aliphatic rings. The molecule has 1 rings (SSSR count). The molecular weight excluding hydrogens is 192 g/mol. The maximum absolute atomic E-state index is 5.77. The van der Waals surface area contributed by atoms with Crippen molar-refractivity contribution in [1.29, 1.82) is 0 Å². The Morgan fingerprint density at radius 3 is 2.75 bits per heavy atom. The molecule has 0 fully saturated rings. The summed E-state index contributed by atoms with van der Waals surface area (Å²) < 4.78 is 0. The molecule has 0 aliphatic heterocycles. The third kappa shape index (κ3) is 1.87. The van der Waals surface area contributed by atoms with Gasteiger partial charge in [0.05, 0.1) is 0 Å². The van der Waals surface area contributed by atoms with Crippen molar-refractivity contribution in [1.82, 2.24) is 0 Å². The Bertz CT molecular complexity index is 312. The summed E-state index contributed by atoms with van der Waals surface area (Å²) in [7, 11) is 1.81. The van der Waals surface area contributed by atoms with Crippen molar-refractivity contribution in [2.45, 2.75) is 0 Å². The molecular formula is C8H9ClN2S. The first-order chi connectivity index (χ1) is 5.65. The molecule has 1 aromatic rings. The van der Waals surface area contributed by atoms with E-state index >= 15 is 0 Å². The summed E-state index contributed by atoms with van der Waals surface area (Å²) >= 11 is 10.6. The van der Waals surface area contributed by atoms with Gasteiger partial charge in [0.25, 0.3) is 0 Å². The lowest BCUT2D eigenvalue weighted by molar-refractivity contribution is 1.49. The molecule has 0 atom stereocenters. The maximum Gasteiger partial charge on any atom is 0.106 e. The lowest BCUT2D eigenvalue weighted by Gasteiger charge is -2.07. The molecule has 0 radical (unpaired) electrons. The number of rotatable bonds is 2. The van der Waals surface area contributed by atoms with Gasteiger partial charge >= 0.3 is 0 Å². The Morgan fingerprint density at radius 1 is 1.58 bits per heavy atom. The highest BCUT2D eigenvalue weighted by molar-refractivity contribution is 7.80. The van der Waals surface area contributed by atoms with Crippen LogP contribution in [0.1, 0.15) is 5.56 Å². The highest BCUT2D eigenvalue weighted by atomic mass is 35.5. The van der Waals surface area contributed by atoms with Crippen LogP contribution in [-0.4, -0.2) is 12.0 Å². The van der Waals surface area contributed by atoms with Gasteiger partial charge in [-0.25, -0.2) is 0 Å². The fourth-order valence-electron chi connectivity index (χ4n) is 0.938. The van der Waals surface area contributed by atoms with Gasteiger partial charge < -0.3 is 11.1 Å². The first kappa shape index (κ1) is 9.29. The van der Waals surface area contributed by atoms with E-state index < -0.39 is 0 Å². The molecule has 4 heteroatoms. The van der Waals surface area contributed by atoms with Gasteiger partial charge in [-0.05, 0) is 18.2 Å². The number of nitrogens with two attached hydrogens (primary N) is 1. The highest BCUT2D eigenvalue weighted by Gasteiger charge is 2.03. The third-order valence-electron chi connectivity index (χ3n) is 1.52. The van der Waals surface area contributed by atoms with Gasteiger partial charge in [0.2, 0.25) is 0 Å². The summed E-state index contributed by atoms with van der Waals surface area (Å²) in [5, 5.41) is 3.61. The summed E-state index contributed by atoms with van der Waals surface area (Å²) in [6.07, 6.45) is 0. The van der Waals surface area contributed by atoms with Gasteiger partial charge in [-0.3, -0.25) is 0 Å². The van der Waals surface area contributed by atoms with E-state index in [4.69, 9.17) is 29.6 Å². The average molecular weight is 201 g/mol. The van der Waals surface area contributed by atoms with Gasteiger partial charge in [-0.1, -0.05) is 23.8 Å². The molecule has 3 N–H and O–H groups in total. The van der Waals surface area contributed by atoms with Gasteiger partial charge in [-0.2, -0.15) is 0 Å². The predicted octanol–water partition coefficient (Wildman–Crippen LogP) is 2.02. The molecule has 0 spiro atoms. The standard InChI is InChI=1S/C8H9ClN2S/c1-11-7-3-2-5(9)4-6(7)8(10)12/h2-4,11H,1H3,(H2,10,12). The molecule has 0 aliphatic carbocycles. The summed E-state index contributed by atoms with van der Waals surface area (Å²) in [5.41, 5.74) is 7.16. The Morgan fingerprint density at radius 2 is 2.25 bits per heavy atom. The van der Waals surface area contributed by atoms with Crippen molar-refractivity contribution >= 4 is 34.5 Å². The number of nitrogens with one attached hydrogen (secondary N) is 1. The van der Waals surface area contributed by atoms with Crippen LogP contribution >= 0.6 is 23.8 Å². The molecule has 2 nitrogen and oxygen atoms in total. The summed E-state index contributed by atoms with van der Waals surface area (Å²) in [6, 6.07) is 5.38. The molecule has 0 aromatic heterocycles. The van der Waals surface area contributed by atoms with Crippen LogP contribution in [0.25, 0.3) is 0 Å². The maximum atomic E-state index is 5.77. The molecule has 0 bridgehead atoms. The molecule has 64 valence electrons. The number of hydrogen-bond donors (Lipinski definition) is 2. The van der Waals surface area contributed by atoms with E-state index in [0.717, 1.165) is 11.3 Å². The van der Waals surface area contributed by atoms with E-state index in [1.54, 1.807) is 12.1 Å². The van der Waals surface area contributed by atoms with E-state index in [0.29, 0.717) is 10.0 Å². The first-order valence-corrected chi connectivity index (χ1v) is 4.21. The van der Waals surface area contributed by atoms with Crippen molar-refractivity contribution in [3.63, 3.8) is 0 Å². The minimum atomic E-state index is 0.349. The normalized spacial score (nSPS) is 9.50. The second-order valence-electron chi connectivity index (χ2n) is 2.30. The molecule has 0 amide bonds. The number of thiocarbonyl (C=S) groups is 1. The largest absolute Gasteiger partial charge is 0.389 e. The zero-order chi connectivity index (χ0) is 9.14. The number of anilines is 1. The van der Waals surface area contributed by atoms with Crippen LogP contribution in [0.4, 0.5) is 5.69 Å². The Hall–Kier alpha value is -0.800. The van der Waals surface area contributed by atoms with Crippen molar-refractivity contribution < 1.29 is 0 Å². The minimum absolute atomic E-state index is 0.349. The summed E-state index contributed by atoms with van der Waals surface area (Å²) in [6.45, 7) is 0. The average Bonchev–Trinajstić information content (AvgIpc) is 2.04. The van der Waals surface area contributed by atoms with Gasteiger partial charge in [0.15, 0.2) is 0 Å². The predicted molar refractivity (Wildman–Crippen MR) is 56.9 cm³/mol. The zero-order valence-corrected chi connectivity index (χ0v) is 8.17. The van der Waals surface area contributed by atoms with Crippen LogP contribution < -0.4 is 11.1 Å². The lowest BCUT2D eigenvalue weighted by atomic mass is 10.2. The van der Waals surface area contributed by atoms with Gasteiger partial charge in [-0.15, -0.1) is 0 Å². The Balaban J connectivity index is 3.21. The van der Waals surface area contributed by atoms with E-state index in [-0.39, 0.29) is 0 Å². The van der Waals surface area contributed by atoms with E-state index in [1.807, 2.05) is 13.1 Å². The Labute approximate surface area is 81.7 Å². The van der Waals surface area contributed by atoms with E-state index in [1.165, 1.54) is 0 Å². The quantitative estimate of drug-likeness (QED) is 0.718. The number of halogens is 1. The molecule has 1 aromatic carbocycles. The molecule has 12 heavy (non-hydrogen) atoms. The fourth-order valence-corrected chi connectivity index (χ4v) is 1.28. The van der Waals surface area contributed by atoms with E-state index in [9.17, 15) is 0 Å². The molecule has 0 unspecified atom stereocenters.